The predicted molar refractivity (Wildman–Crippen MR) is 76.9 cm³/mol. The molecule has 4 heteroatoms. The van der Waals surface area contributed by atoms with E-state index < -0.39 is 0 Å². The summed E-state index contributed by atoms with van der Waals surface area (Å²) in [6.07, 6.45) is 3.95. The van der Waals surface area contributed by atoms with Gasteiger partial charge in [-0.05, 0) is 59.2 Å². The number of nitrogens with zero attached hydrogens (tertiary/aromatic N) is 2. The number of hydrogen-bond acceptors (Lipinski definition) is 4. The predicted octanol–water partition coefficient (Wildman–Crippen LogP) is 1.11. The summed E-state index contributed by atoms with van der Waals surface area (Å²) in [6, 6.07) is 0.761. The Morgan fingerprint density at radius 1 is 1.35 bits per heavy atom. The van der Waals surface area contributed by atoms with Gasteiger partial charge in [-0.15, -0.1) is 0 Å². The van der Waals surface area contributed by atoms with Crippen molar-refractivity contribution in [3.63, 3.8) is 0 Å². The number of piperidine rings is 1. The zero-order valence-electron chi connectivity index (χ0n) is 11.5. The lowest BCUT2D eigenvalue weighted by Crippen LogP contribution is -2.58. The third-order valence-corrected chi connectivity index (χ3v) is 5.68. The van der Waals surface area contributed by atoms with Crippen molar-refractivity contribution in [3.05, 3.63) is 0 Å². The van der Waals surface area contributed by atoms with Crippen molar-refractivity contribution < 1.29 is 0 Å². The molecular weight excluding hydrogens is 230 g/mol. The number of likely N-dealkylation sites (tertiary alicyclic amines) is 1. The van der Waals surface area contributed by atoms with E-state index in [-0.39, 0.29) is 0 Å². The van der Waals surface area contributed by atoms with Gasteiger partial charge in [0.15, 0.2) is 0 Å². The summed E-state index contributed by atoms with van der Waals surface area (Å²) in [7, 11) is 6.73. The summed E-state index contributed by atoms with van der Waals surface area (Å²) in [5.41, 5.74) is 0.389. The van der Waals surface area contributed by atoms with Crippen LogP contribution in [-0.4, -0.2) is 73.7 Å². The normalized spacial score (nSPS) is 30.0. The maximum absolute atomic E-state index is 3.81. The summed E-state index contributed by atoms with van der Waals surface area (Å²) < 4.78 is 0. The fraction of sp³-hybridized carbons (Fsp3) is 1.00. The summed E-state index contributed by atoms with van der Waals surface area (Å²) in [5.74, 6) is 2.65. The largest absolute Gasteiger partial charge is 0.311 e. The topological polar surface area (TPSA) is 18.5 Å². The molecule has 0 aromatic carbocycles. The van der Waals surface area contributed by atoms with Crippen LogP contribution in [0.5, 0.6) is 0 Å². The van der Waals surface area contributed by atoms with E-state index in [1.165, 1.54) is 50.4 Å². The molecule has 0 amide bonds. The first kappa shape index (κ1) is 13.7. The Morgan fingerprint density at radius 2 is 2.06 bits per heavy atom. The van der Waals surface area contributed by atoms with Gasteiger partial charge in [0.1, 0.15) is 0 Å². The number of hydrogen-bond donors (Lipinski definition) is 1. The quantitative estimate of drug-likeness (QED) is 0.813. The minimum absolute atomic E-state index is 0.389. The molecule has 0 saturated carbocycles. The minimum Gasteiger partial charge on any atom is -0.311 e. The Hall–Kier alpha value is 0.230. The van der Waals surface area contributed by atoms with Crippen LogP contribution in [0.3, 0.4) is 0 Å². The monoisotopic (exact) mass is 257 g/mol. The highest BCUT2D eigenvalue weighted by atomic mass is 32.2. The van der Waals surface area contributed by atoms with Crippen molar-refractivity contribution in [1.29, 1.82) is 0 Å². The van der Waals surface area contributed by atoms with E-state index >= 15 is 0 Å². The minimum atomic E-state index is 0.389. The van der Waals surface area contributed by atoms with Crippen molar-refractivity contribution in [2.75, 3.05) is 52.3 Å². The number of nitrogens with one attached hydrogen (secondary N) is 1. The van der Waals surface area contributed by atoms with Gasteiger partial charge in [0, 0.05) is 23.9 Å². The van der Waals surface area contributed by atoms with E-state index in [1.54, 1.807) is 0 Å². The second kappa shape index (κ2) is 5.91. The molecule has 0 aliphatic carbocycles. The number of thioether (sulfide) groups is 1. The van der Waals surface area contributed by atoms with Crippen LogP contribution >= 0.6 is 11.8 Å². The standard InChI is InChI=1S/C13H27N3S/c1-15(2)13(5-7-16(3)8-6-13)11-14-12-4-9-17-10-12/h12,14H,4-11H2,1-3H3. The van der Waals surface area contributed by atoms with Gasteiger partial charge in [0.05, 0.1) is 0 Å². The molecule has 1 unspecified atom stereocenters. The lowest BCUT2D eigenvalue weighted by atomic mass is 9.86. The summed E-state index contributed by atoms with van der Waals surface area (Å²) >= 11 is 2.09. The molecule has 0 aromatic heterocycles. The van der Waals surface area contributed by atoms with Gasteiger partial charge in [-0.25, -0.2) is 0 Å². The molecular formula is C13H27N3S. The van der Waals surface area contributed by atoms with E-state index in [4.69, 9.17) is 0 Å². The molecule has 3 nitrogen and oxygen atoms in total. The molecule has 1 atom stereocenters. The summed E-state index contributed by atoms with van der Waals surface area (Å²) in [5, 5.41) is 3.81. The van der Waals surface area contributed by atoms with Crippen LogP contribution in [0.2, 0.25) is 0 Å². The van der Waals surface area contributed by atoms with Crippen LogP contribution in [0.1, 0.15) is 19.3 Å². The van der Waals surface area contributed by atoms with Crippen molar-refractivity contribution in [1.82, 2.24) is 15.1 Å². The Kier molecular flexibility index (Phi) is 4.75. The maximum atomic E-state index is 3.81. The first-order chi connectivity index (χ1) is 8.12. The second-order valence-corrected chi connectivity index (χ2v) is 7.01. The van der Waals surface area contributed by atoms with E-state index in [1.807, 2.05) is 0 Å². The van der Waals surface area contributed by atoms with Crippen LogP contribution in [0.25, 0.3) is 0 Å². The fourth-order valence-electron chi connectivity index (χ4n) is 2.85. The molecule has 0 bridgehead atoms. The van der Waals surface area contributed by atoms with Gasteiger partial charge in [0.2, 0.25) is 0 Å². The van der Waals surface area contributed by atoms with Gasteiger partial charge >= 0.3 is 0 Å². The molecule has 2 saturated heterocycles. The Bertz CT molecular complexity index is 231. The number of likely N-dealkylation sites (N-methyl/N-ethyl adjacent to an activating group) is 1. The van der Waals surface area contributed by atoms with Crippen molar-refractivity contribution in [3.8, 4) is 0 Å². The van der Waals surface area contributed by atoms with Crippen LogP contribution in [0, 0.1) is 0 Å². The van der Waals surface area contributed by atoms with Crippen LogP contribution in [0.4, 0.5) is 0 Å². The van der Waals surface area contributed by atoms with Gasteiger partial charge in [-0.2, -0.15) is 11.8 Å². The lowest BCUT2D eigenvalue weighted by molar-refractivity contribution is 0.0641. The lowest BCUT2D eigenvalue weighted by Gasteiger charge is -2.46. The molecule has 100 valence electrons. The van der Waals surface area contributed by atoms with Crippen molar-refractivity contribution in [2.45, 2.75) is 30.8 Å². The molecule has 0 aromatic rings. The van der Waals surface area contributed by atoms with Crippen molar-refractivity contribution >= 4 is 11.8 Å². The highest BCUT2D eigenvalue weighted by Crippen LogP contribution is 2.27. The Morgan fingerprint density at radius 3 is 2.59 bits per heavy atom. The third-order valence-electron chi connectivity index (χ3n) is 4.52. The van der Waals surface area contributed by atoms with Gasteiger partial charge in [-0.3, -0.25) is 0 Å². The van der Waals surface area contributed by atoms with E-state index in [2.05, 4.69) is 48.0 Å². The van der Waals surface area contributed by atoms with Gasteiger partial charge < -0.3 is 15.1 Å². The summed E-state index contributed by atoms with van der Waals surface area (Å²) in [4.78, 5) is 4.91. The van der Waals surface area contributed by atoms with Gasteiger partial charge in [-0.1, -0.05) is 0 Å². The van der Waals surface area contributed by atoms with Gasteiger partial charge in [0.25, 0.3) is 0 Å². The summed E-state index contributed by atoms with van der Waals surface area (Å²) in [6.45, 7) is 3.64. The Labute approximate surface area is 110 Å². The zero-order chi connectivity index (χ0) is 12.3. The fourth-order valence-corrected chi connectivity index (χ4v) is 4.03. The second-order valence-electron chi connectivity index (χ2n) is 5.86. The molecule has 2 fully saturated rings. The van der Waals surface area contributed by atoms with Crippen molar-refractivity contribution in [2.24, 2.45) is 0 Å². The highest BCUT2D eigenvalue weighted by Gasteiger charge is 2.36. The van der Waals surface area contributed by atoms with E-state index in [9.17, 15) is 0 Å². The molecule has 17 heavy (non-hydrogen) atoms. The average molecular weight is 257 g/mol. The molecule has 2 heterocycles. The Balaban J connectivity index is 1.87. The van der Waals surface area contributed by atoms with Crippen LogP contribution in [-0.2, 0) is 0 Å². The first-order valence-corrected chi connectivity index (χ1v) is 7.95. The first-order valence-electron chi connectivity index (χ1n) is 6.79. The molecule has 2 aliphatic rings. The maximum Gasteiger partial charge on any atom is 0.0352 e. The van der Waals surface area contributed by atoms with E-state index in [0.717, 1.165) is 6.04 Å². The van der Waals surface area contributed by atoms with Crippen LogP contribution < -0.4 is 5.32 Å². The van der Waals surface area contributed by atoms with E-state index in [0.29, 0.717) is 5.54 Å². The molecule has 2 rings (SSSR count). The number of rotatable bonds is 4. The zero-order valence-corrected chi connectivity index (χ0v) is 12.4. The van der Waals surface area contributed by atoms with Crippen LogP contribution in [0.15, 0.2) is 0 Å². The smallest absolute Gasteiger partial charge is 0.0352 e. The SMILES string of the molecule is CN1CCC(CNC2CCSC2)(N(C)C)CC1. The molecule has 0 spiro atoms. The molecule has 0 radical (unpaired) electrons. The average Bonchev–Trinajstić information content (AvgIpc) is 2.81. The highest BCUT2D eigenvalue weighted by molar-refractivity contribution is 7.99. The molecule has 1 N–H and O–H groups in total. The molecule has 2 aliphatic heterocycles. The third kappa shape index (κ3) is 3.37.